The van der Waals surface area contributed by atoms with E-state index in [1.54, 1.807) is 6.07 Å². The highest BCUT2D eigenvalue weighted by atomic mass is 16.4. The monoisotopic (exact) mass is 264 g/mol. The fourth-order valence-electron chi connectivity index (χ4n) is 2.03. The highest BCUT2D eigenvalue weighted by molar-refractivity contribution is 5.87. The molecule has 0 aliphatic carbocycles. The molecule has 4 nitrogen and oxygen atoms in total. The Kier molecular flexibility index (Phi) is 3.05. The third-order valence-corrected chi connectivity index (χ3v) is 3.02. The van der Waals surface area contributed by atoms with Crippen LogP contribution in [0.3, 0.4) is 0 Å². The number of hydrogen-bond donors (Lipinski definition) is 2. The molecule has 0 atom stereocenters. The van der Waals surface area contributed by atoms with Crippen LogP contribution in [0.25, 0.3) is 10.8 Å². The SMILES string of the molecule is O=C(O)c1ccc(Nc2ccc3ccccc3c2)cn1. The number of pyridine rings is 1. The maximum atomic E-state index is 10.7. The van der Waals surface area contributed by atoms with Crippen LogP contribution < -0.4 is 5.32 Å². The average molecular weight is 264 g/mol. The van der Waals surface area contributed by atoms with Crippen molar-refractivity contribution in [2.24, 2.45) is 0 Å². The maximum absolute atomic E-state index is 10.7. The molecule has 1 heterocycles. The second-order valence-electron chi connectivity index (χ2n) is 4.42. The fraction of sp³-hybridized carbons (Fsp3) is 0. The first kappa shape index (κ1) is 12.2. The summed E-state index contributed by atoms with van der Waals surface area (Å²) in [6.07, 6.45) is 1.51. The van der Waals surface area contributed by atoms with Crippen LogP contribution in [0.15, 0.2) is 60.8 Å². The van der Waals surface area contributed by atoms with Gasteiger partial charge in [0.25, 0.3) is 0 Å². The zero-order valence-corrected chi connectivity index (χ0v) is 10.6. The summed E-state index contributed by atoms with van der Waals surface area (Å²) in [5, 5.41) is 14.3. The lowest BCUT2D eigenvalue weighted by atomic mass is 10.1. The molecule has 0 bridgehead atoms. The van der Waals surface area contributed by atoms with Crippen molar-refractivity contribution >= 4 is 28.1 Å². The highest BCUT2D eigenvalue weighted by Crippen LogP contribution is 2.21. The van der Waals surface area contributed by atoms with Crippen molar-refractivity contribution in [1.29, 1.82) is 0 Å². The number of fused-ring (bicyclic) bond motifs is 1. The van der Waals surface area contributed by atoms with Crippen molar-refractivity contribution in [1.82, 2.24) is 4.98 Å². The van der Waals surface area contributed by atoms with E-state index in [-0.39, 0.29) is 5.69 Å². The smallest absolute Gasteiger partial charge is 0.354 e. The topological polar surface area (TPSA) is 62.2 Å². The molecule has 20 heavy (non-hydrogen) atoms. The van der Waals surface area contributed by atoms with Gasteiger partial charge in [0.05, 0.1) is 11.9 Å². The van der Waals surface area contributed by atoms with Gasteiger partial charge in [-0.2, -0.15) is 0 Å². The average Bonchev–Trinajstić information content (AvgIpc) is 2.48. The van der Waals surface area contributed by atoms with E-state index in [1.807, 2.05) is 36.4 Å². The molecule has 0 amide bonds. The lowest BCUT2D eigenvalue weighted by molar-refractivity contribution is 0.0690. The Labute approximate surface area is 115 Å². The van der Waals surface area contributed by atoms with Gasteiger partial charge in [-0.1, -0.05) is 30.3 Å². The summed E-state index contributed by atoms with van der Waals surface area (Å²) >= 11 is 0. The second kappa shape index (κ2) is 5.01. The summed E-state index contributed by atoms with van der Waals surface area (Å²) in [5.41, 5.74) is 1.73. The number of rotatable bonds is 3. The van der Waals surface area contributed by atoms with Gasteiger partial charge < -0.3 is 10.4 Å². The van der Waals surface area contributed by atoms with E-state index in [2.05, 4.69) is 16.4 Å². The number of carbonyl (C=O) groups is 1. The van der Waals surface area contributed by atoms with Crippen LogP contribution in [-0.4, -0.2) is 16.1 Å². The summed E-state index contributed by atoms with van der Waals surface area (Å²) in [6, 6.07) is 17.3. The lowest BCUT2D eigenvalue weighted by Crippen LogP contribution is -2.00. The zero-order valence-electron chi connectivity index (χ0n) is 10.6. The van der Waals surface area contributed by atoms with Crippen molar-refractivity contribution in [3.05, 3.63) is 66.5 Å². The van der Waals surface area contributed by atoms with E-state index in [0.29, 0.717) is 0 Å². The van der Waals surface area contributed by atoms with Gasteiger partial charge in [-0.15, -0.1) is 0 Å². The first-order chi connectivity index (χ1) is 9.72. The summed E-state index contributed by atoms with van der Waals surface area (Å²) in [5.74, 6) is -1.03. The minimum atomic E-state index is -1.03. The van der Waals surface area contributed by atoms with Gasteiger partial charge >= 0.3 is 5.97 Å². The predicted octanol–water partition coefficient (Wildman–Crippen LogP) is 3.68. The Morgan fingerprint density at radius 2 is 1.70 bits per heavy atom. The lowest BCUT2D eigenvalue weighted by Gasteiger charge is -2.07. The van der Waals surface area contributed by atoms with Crippen molar-refractivity contribution in [3.63, 3.8) is 0 Å². The van der Waals surface area contributed by atoms with Gasteiger partial charge in [0, 0.05) is 5.69 Å². The van der Waals surface area contributed by atoms with Crippen LogP contribution in [0, 0.1) is 0 Å². The standard InChI is InChI=1S/C16H12N2O2/c19-16(20)15-8-7-14(10-17-15)18-13-6-5-11-3-1-2-4-12(11)9-13/h1-10,18H,(H,19,20). The van der Waals surface area contributed by atoms with Gasteiger partial charge in [-0.3, -0.25) is 0 Å². The van der Waals surface area contributed by atoms with Gasteiger partial charge in [0.2, 0.25) is 0 Å². The molecule has 0 radical (unpaired) electrons. The molecule has 3 aromatic rings. The minimum absolute atomic E-state index is 0.0362. The number of hydrogen-bond acceptors (Lipinski definition) is 3. The van der Waals surface area contributed by atoms with Gasteiger partial charge in [0.1, 0.15) is 5.69 Å². The van der Waals surface area contributed by atoms with Crippen molar-refractivity contribution in [2.45, 2.75) is 0 Å². The third kappa shape index (κ3) is 2.44. The van der Waals surface area contributed by atoms with Gasteiger partial charge in [0.15, 0.2) is 0 Å². The maximum Gasteiger partial charge on any atom is 0.354 e. The number of benzene rings is 2. The molecule has 0 fully saturated rings. The summed E-state index contributed by atoms with van der Waals surface area (Å²) in [6.45, 7) is 0. The molecule has 2 N–H and O–H groups in total. The number of anilines is 2. The van der Waals surface area contributed by atoms with Crippen molar-refractivity contribution in [3.8, 4) is 0 Å². The van der Waals surface area contributed by atoms with Crippen LogP contribution in [0.2, 0.25) is 0 Å². The molecule has 98 valence electrons. The number of nitrogens with one attached hydrogen (secondary N) is 1. The molecule has 2 aromatic carbocycles. The Morgan fingerprint density at radius 1 is 0.950 bits per heavy atom. The molecule has 0 spiro atoms. The van der Waals surface area contributed by atoms with E-state index in [9.17, 15) is 4.79 Å². The van der Waals surface area contributed by atoms with Crippen LogP contribution >= 0.6 is 0 Å². The fourth-order valence-corrected chi connectivity index (χ4v) is 2.03. The summed E-state index contributed by atoms with van der Waals surface area (Å²) in [4.78, 5) is 14.6. The minimum Gasteiger partial charge on any atom is -0.477 e. The number of carboxylic acid groups (broad SMARTS) is 1. The Hall–Kier alpha value is -2.88. The number of aromatic carboxylic acids is 1. The van der Waals surface area contributed by atoms with Gasteiger partial charge in [-0.25, -0.2) is 9.78 Å². The Bertz CT molecular complexity index is 767. The van der Waals surface area contributed by atoms with Crippen LogP contribution in [0.4, 0.5) is 11.4 Å². The number of aromatic nitrogens is 1. The summed E-state index contributed by atoms with van der Waals surface area (Å²) in [7, 11) is 0. The van der Waals surface area contributed by atoms with Crippen molar-refractivity contribution in [2.75, 3.05) is 5.32 Å². The Morgan fingerprint density at radius 3 is 2.40 bits per heavy atom. The van der Waals surface area contributed by atoms with E-state index in [4.69, 9.17) is 5.11 Å². The van der Waals surface area contributed by atoms with Crippen LogP contribution in [0.1, 0.15) is 10.5 Å². The molecular formula is C16H12N2O2. The largest absolute Gasteiger partial charge is 0.477 e. The first-order valence-electron chi connectivity index (χ1n) is 6.17. The molecule has 0 saturated heterocycles. The predicted molar refractivity (Wildman–Crippen MR) is 78.4 cm³/mol. The molecule has 0 saturated carbocycles. The Balaban J connectivity index is 1.87. The first-order valence-corrected chi connectivity index (χ1v) is 6.17. The van der Waals surface area contributed by atoms with Crippen LogP contribution in [-0.2, 0) is 0 Å². The molecular weight excluding hydrogens is 252 g/mol. The third-order valence-electron chi connectivity index (χ3n) is 3.02. The molecule has 0 unspecified atom stereocenters. The van der Waals surface area contributed by atoms with Crippen molar-refractivity contribution < 1.29 is 9.90 Å². The molecule has 0 aliphatic rings. The van der Waals surface area contributed by atoms with E-state index in [1.165, 1.54) is 17.6 Å². The highest BCUT2D eigenvalue weighted by Gasteiger charge is 2.03. The van der Waals surface area contributed by atoms with E-state index in [0.717, 1.165) is 16.8 Å². The quantitative estimate of drug-likeness (QED) is 0.757. The summed E-state index contributed by atoms with van der Waals surface area (Å²) < 4.78 is 0. The van der Waals surface area contributed by atoms with E-state index >= 15 is 0 Å². The number of nitrogens with zero attached hydrogens (tertiary/aromatic N) is 1. The zero-order chi connectivity index (χ0) is 13.9. The van der Waals surface area contributed by atoms with Crippen LogP contribution in [0.5, 0.6) is 0 Å². The van der Waals surface area contributed by atoms with Gasteiger partial charge in [-0.05, 0) is 35.0 Å². The molecule has 4 heteroatoms. The molecule has 0 aliphatic heterocycles. The van der Waals surface area contributed by atoms with E-state index < -0.39 is 5.97 Å². The molecule has 3 rings (SSSR count). The normalized spacial score (nSPS) is 10.4. The number of carboxylic acids is 1. The molecule has 1 aromatic heterocycles. The second-order valence-corrected chi connectivity index (χ2v) is 4.42.